The molecule has 0 spiro atoms. The standard InChI is InChI=1S/C13H23N3/c1-14-13(12-9-15-16(2)10-12)11-7-5-3-4-6-8-11/h9-11,13-14H,3-8H2,1-2H3. The summed E-state index contributed by atoms with van der Waals surface area (Å²) in [7, 11) is 4.06. The van der Waals surface area contributed by atoms with E-state index < -0.39 is 0 Å². The second kappa shape index (κ2) is 5.48. The van der Waals surface area contributed by atoms with Crippen molar-refractivity contribution < 1.29 is 0 Å². The minimum atomic E-state index is 0.492. The SMILES string of the molecule is CNC(c1cnn(C)c1)C1CCCCCC1. The van der Waals surface area contributed by atoms with Gasteiger partial charge in [-0.05, 0) is 25.8 Å². The van der Waals surface area contributed by atoms with Crippen LogP contribution in [0, 0.1) is 5.92 Å². The summed E-state index contributed by atoms with van der Waals surface area (Å²) in [5.74, 6) is 0.789. The van der Waals surface area contributed by atoms with Crippen molar-refractivity contribution in [3.05, 3.63) is 18.0 Å². The molecule has 0 aromatic carbocycles. The molecule has 1 unspecified atom stereocenters. The molecule has 1 saturated carbocycles. The lowest BCUT2D eigenvalue weighted by Crippen LogP contribution is -2.24. The molecule has 90 valence electrons. The molecule has 16 heavy (non-hydrogen) atoms. The Morgan fingerprint density at radius 2 is 2.00 bits per heavy atom. The zero-order valence-electron chi connectivity index (χ0n) is 10.4. The van der Waals surface area contributed by atoms with Crippen LogP contribution in [0.4, 0.5) is 0 Å². The Morgan fingerprint density at radius 1 is 1.31 bits per heavy atom. The van der Waals surface area contributed by atoms with Crippen LogP contribution in [0.25, 0.3) is 0 Å². The predicted molar refractivity (Wildman–Crippen MR) is 66.2 cm³/mol. The van der Waals surface area contributed by atoms with Crippen LogP contribution in [-0.4, -0.2) is 16.8 Å². The van der Waals surface area contributed by atoms with Gasteiger partial charge in [-0.25, -0.2) is 0 Å². The van der Waals surface area contributed by atoms with E-state index in [1.165, 1.54) is 44.1 Å². The Bertz CT molecular complexity index is 311. The van der Waals surface area contributed by atoms with Gasteiger partial charge in [0.15, 0.2) is 0 Å². The maximum Gasteiger partial charge on any atom is 0.0537 e. The lowest BCUT2D eigenvalue weighted by Gasteiger charge is -2.24. The Labute approximate surface area is 98.2 Å². The Kier molecular flexibility index (Phi) is 3.99. The van der Waals surface area contributed by atoms with Crippen LogP contribution >= 0.6 is 0 Å². The minimum absolute atomic E-state index is 0.492. The summed E-state index contributed by atoms with van der Waals surface area (Å²) in [5.41, 5.74) is 1.34. The summed E-state index contributed by atoms with van der Waals surface area (Å²) in [6.07, 6.45) is 12.5. The Hall–Kier alpha value is -0.830. The van der Waals surface area contributed by atoms with Gasteiger partial charge in [-0.2, -0.15) is 5.10 Å². The van der Waals surface area contributed by atoms with Crippen molar-refractivity contribution in [2.45, 2.75) is 44.6 Å². The highest BCUT2D eigenvalue weighted by Gasteiger charge is 2.23. The van der Waals surface area contributed by atoms with E-state index >= 15 is 0 Å². The van der Waals surface area contributed by atoms with Crippen LogP contribution in [0.1, 0.15) is 50.1 Å². The number of aromatic nitrogens is 2. The zero-order chi connectivity index (χ0) is 11.4. The molecule has 0 aliphatic heterocycles. The minimum Gasteiger partial charge on any atom is -0.313 e. The van der Waals surface area contributed by atoms with Gasteiger partial charge in [-0.3, -0.25) is 4.68 Å². The molecule has 1 N–H and O–H groups in total. The summed E-state index contributed by atoms with van der Waals surface area (Å²) >= 11 is 0. The molecular formula is C13H23N3. The van der Waals surface area contributed by atoms with Crippen LogP contribution in [0.5, 0.6) is 0 Å². The van der Waals surface area contributed by atoms with Gasteiger partial charge in [0, 0.05) is 24.8 Å². The van der Waals surface area contributed by atoms with Gasteiger partial charge in [0.1, 0.15) is 0 Å². The van der Waals surface area contributed by atoms with Gasteiger partial charge < -0.3 is 5.32 Å². The molecular weight excluding hydrogens is 198 g/mol. The molecule has 0 bridgehead atoms. The summed E-state index contributed by atoms with van der Waals surface area (Å²) < 4.78 is 1.90. The quantitative estimate of drug-likeness (QED) is 0.795. The number of nitrogens with zero attached hydrogens (tertiary/aromatic N) is 2. The average Bonchev–Trinajstić information content (AvgIpc) is 2.55. The van der Waals surface area contributed by atoms with Gasteiger partial charge in [0.2, 0.25) is 0 Å². The summed E-state index contributed by atoms with van der Waals surface area (Å²) in [5, 5.41) is 7.76. The van der Waals surface area contributed by atoms with Crippen LogP contribution in [-0.2, 0) is 7.05 Å². The summed E-state index contributed by atoms with van der Waals surface area (Å²) in [4.78, 5) is 0. The highest BCUT2D eigenvalue weighted by atomic mass is 15.2. The van der Waals surface area contributed by atoms with E-state index in [9.17, 15) is 0 Å². The first-order valence-electron chi connectivity index (χ1n) is 6.47. The maximum absolute atomic E-state index is 4.28. The zero-order valence-corrected chi connectivity index (χ0v) is 10.4. The second-order valence-corrected chi connectivity index (χ2v) is 4.97. The first-order chi connectivity index (χ1) is 7.81. The number of nitrogens with one attached hydrogen (secondary N) is 1. The maximum atomic E-state index is 4.28. The lowest BCUT2D eigenvalue weighted by molar-refractivity contribution is 0.341. The number of aryl methyl sites for hydroxylation is 1. The van der Waals surface area contributed by atoms with Crippen molar-refractivity contribution >= 4 is 0 Å². The van der Waals surface area contributed by atoms with Crippen molar-refractivity contribution in [2.75, 3.05) is 7.05 Å². The van der Waals surface area contributed by atoms with E-state index in [0.29, 0.717) is 6.04 Å². The van der Waals surface area contributed by atoms with Gasteiger partial charge in [-0.1, -0.05) is 25.7 Å². The third kappa shape index (κ3) is 2.64. The lowest BCUT2D eigenvalue weighted by atomic mass is 9.88. The van der Waals surface area contributed by atoms with E-state index in [-0.39, 0.29) is 0 Å². The normalized spacial score (nSPS) is 20.6. The second-order valence-electron chi connectivity index (χ2n) is 4.97. The van der Waals surface area contributed by atoms with E-state index in [4.69, 9.17) is 0 Å². The topological polar surface area (TPSA) is 29.9 Å². The van der Waals surface area contributed by atoms with Crippen LogP contribution in [0.15, 0.2) is 12.4 Å². The van der Waals surface area contributed by atoms with Crippen molar-refractivity contribution in [2.24, 2.45) is 13.0 Å². The largest absolute Gasteiger partial charge is 0.313 e. The van der Waals surface area contributed by atoms with Crippen molar-refractivity contribution in [1.29, 1.82) is 0 Å². The molecule has 1 aromatic rings. The smallest absolute Gasteiger partial charge is 0.0537 e. The molecule has 1 aromatic heterocycles. The molecule has 1 atom stereocenters. The van der Waals surface area contributed by atoms with Crippen molar-refractivity contribution in [1.82, 2.24) is 15.1 Å². The van der Waals surface area contributed by atoms with E-state index in [1.54, 1.807) is 0 Å². The van der Waals surface area contributed by atoms with Crippen molar-refractivity contribution in [3.63, 3.8) is 0 Å². The first-order valence-corrected chi connectivity index (χ1v) is 6.47. The fourth-order valence-electron chi connectivity index (χ4n) is 2.92. The number of rotatable bonds is 3. The van der Waals surface area contributed by atoms with E-state index in [0.717, 1.165) is 5.92 Å². The van der Waals surface area contributed by atoms with Gasteiger partial charge in [0.25, 0.3) is 0 Å². The first kappa shape index (κ1) is 11.6. The molecule has 2 rings (SSSR count). The molecule has 3 heteroatoms. The van der Waals surface area contributed by atoms with E-state index in [1.807, 2.05) is 17.9 Å². The van der Waals surface area contributed by atoms with Crippen LogP contribution in [0.3, 0.4) is 0 Å². The third-order valence-corrected chi connectivity index (χ3v) is 3.77. The molecule has 1 heterocycles. The highest BCUT2D eigenvalue weighted by Crippen LogP contribution is 2.32. The summed E-state index contributed by atoms with van der Waals surface area (Å²) in [6, 6.07) is 0.492. The molecule has 0 saturated heterocycles. The van der Waals surface area contributed by atoms with E-state index in [2.05, 4.69) is 23.7 Å². The molecule has 0 amide bonds. The number of hydrogen-bond donors (Lipinski definition) is 1. The highest BCUT2D eigenvalue weighted by molar-refractivity contribution is 5.11. The fourth-order valence-corrected chi connectivity index (χ4v) is 2.92. The van der Waals surface area contributed by atoms with Gasteiger partial charge in [0.05, 0.1) is 6.20 Å². The van der Waals surface area contributed by atoms with Gasteiger partial charge in [-0.15, -0.1) is 0 Å². The fraction of sp³-hybridized carbons (Fsp3) is 0.769. The summed E-state index contributed by atoms with van der Waals surface area (Å²) in [6.45, 7) is 0. The molecule has 3 nitrogen and oxygen atoms in total. The third-order valence-electron chi connectivity index (χ3n) is 3.77. The molecule has 1 fully saturated rings. The molecule has 1 aliphatic carbocycles. The monoisotopic (exact) mass is 221 g/mol. The van der Waals surface area contributed by atoms with Crippen LogP contribution in [0.2, 0.25) is 0 Å². The van der Waals surface area contributed by atoms with Crippen LogP contribution < -0.4 is 5.32 Å². The Morgan fingerprint density at radius 3 is 2.50 bits per heavy atom. The average molecular weight is 221 g/mol. The number of hydrogen-bond acceptors (Lipinski definition) is 2. The van der Waals surface area contributed by atoms with Gasteiger partial charge >= 0.3 is 0 Å². The predicted octanol–water partition coefficient (Wildman–Crippen LogP) is 2.65. The molecule has 1 aliphatic rings. The molecule has 0 radical (unpaired) electrons. The Balaban J connectivity index is 2.08. The van der Waals surface area contributed by atoms with Crippen molar-refractivity contribution in [3.8, 4) is 0 Å².